The van der Waals surface area contributed by atoms with Gasteiger partial charge in [-0.1, -0.05) is 6.07 Å². The molecule has 19 heavy (non-hydrogen) atoms. The Morgan fingerprint density at radius 2 is 1.95 bits per heavy atom. The van der Waals surface area contributed by atoms with Gasteiger partial charge in [0.15, 0.2) is 5.82 Å². The van der Waals surface area contributed by atoms with E-state index in [2.05, 4.69) is 10.2 Å². The molecule has 0 fully saturated rings. The third-order valence-electron chi connectivity index (χ3n) is 2.69. The van der Waals surface area contributed by atoms with E-state index >= 15 is 0 Å². The van der Waals surface area contributed by atoms with E-state index in [0.717, 1.165) is 6.07 Å². The predicted octanol–water partition coefficient (Wildman–Crippen LogP) is 2.10. The molecule has 8 heteroatoms. The topological polar surface area (TPSA) is 56.7 Å². The maximum Gasteiger partial charge on any atom is 0.419 e. The first-order chi connectivity index (χ1) is 8.86. The SMILES string of the molecule is Cn1c(CN)nnc1-c1cccc(C(F)(F)F)c1F. The van der Waals surface area contributed by atoms with Crippen LogP contribution in [0.25, 0.3) is 11.4 Å². The summed E-state index contributed by atoms with van der Waals surface area (Å²) >= 11 is 0. The van der Waals surface area contributed by atoms with Crippen LogP contribution in [0.3, 0.4) is 0 Å². The van der Waals surface area contributed by atoms with E-state index in [9.17, 15) is 17.6 Å². The highest BCUT2D eigenvalue weighted by Gasteiger charge is 2.35. The molecular weight excluding hydrogens is 264 g/mol. The van der Waals surface area contributed by atoms with E-state index in [0.29, 0.717) is 11.9 Å². The van der Waals surface area contributed by atoms with Crippen LogP contribution in [0, 0.1) is 5.82 Å². The zero-order valence-electron chi connectivity index (χ0n) is 9.87. The summed E-state index contributed by atoms with van der Waals surface area (Å²) in [6.45, 7) is 0.0596. The minimum absolute atomic E-state index is 0.00375. The lowest BCUT2D eigenvalue weighted by Crippen LogP contribution is -2.10. The van der Waals surface area contributed by atoms with E-state index in [4.69, 9.17) is 5.73 Å². The lowest BCUT2D eigenvalue weighted by atomic mass is 10.1. The number of benzene rings is 1. The van der Waals surface area contributed by atoms with Crippen molar-refractivity contribution in [3.05, 3.63) is 35.4 Å². The molecule has 4 nitrogen and oxygen atoms in total. The monoisotopic (exact) mass is 274 g/mol. The van der Waals surface area contributed by atoms with E-state index in [1.807, 2.05) is 0 Å². The summed E-state index contributed by atoms with van der Waals surface area (Å²) in [6.07, 6.45) is -4.75. The van der Waals surface area contributed by atoms with Crippen LogP contribution in [0.1, 0.15) is 11.4 Å². The number of halogens is 4. The summed E-state index contributed by atoms with van der Waals surface area (Å²) in [4.78, 5) is 0. The van der Waals surface area contributed by atoms with Crippen molar-refractivity contribution in [2.45, 2.75) is 12.7 Å². The highest BCUT2D eigenvalue weighted by molar-refractivity contribution is 5.58. The van der Waals surface area contributed by atoms with Gasteiger partial charge in [0.05, 0.1) is 17.7 Å². The Morgan fingerprint density at radius 1 is 1.26 bits per heavy atom. The van der Waals surface area contributed by atoms with Gasteiger partial charge in [-0.15, -0.1) is 10.2 Å². The summed E-state index contributed by atoms with van der Waals surface area (Å²) in [5.41, 5.74) is 3.79. The summed E-state index contributed by atoms with van der Waals surface area (Å²) in [6, 6.07) is 3.02. The van der Waals surface area contributed by atoms with Gasteiger partial charge >= 0.3 is 6.18 Å². The molecule has 0 saturated carbocycles. The average Bonchev–Trinajstić information content (AvgIpc) is 2.69. The van der Waals surface area contributed by atoms with Gasteiger partial charge in [0.25, 0.3) is 0 Å². The van der Waals surface area contributed by atoms with Gasteiger partial charge in [0.1, 0.15) is 11.6 Å². The number of nitrogens with zero attached hydrogens (tertiary/aromatic N) is 3. The van der Waals surface area contributed by atoms with Crippen molar-refractivity contribution in [1.82, 2.24) is 14.8 Å². The van der Waals surface area contributed by atoms with E-state index in [1.54, 1.807) is 0 Å². The van der Waals surface area contributed by atoms with Crippen molar-refractivity contribution >= 4 is 0 Å². The Bertz CT molecular complexity index is 603. The van der Waals surface area contributed by atoms with Gasteiger partial charge in [-0.05, 0) is 12.1 Å². The molecule has 2 rings (SSSR count). The Morgan fingerprint density at radius 3 is 2.47 bits per heavy atom. The molecular formula is C11H10F4N4. The van der Waals surface area contributed by atoms with Crippen molar-refractivity contribution in [2.75, 3.05) is 0 Å². The maximum atomic E-state index is 13.9. The summed E-state index contributed by atoms with van der Waals surface area (Å²) in [5.74, 6) is -1.01. The molecule has 0 spiro atoms. The van der Waals surface area contributed by atoms with Crippen LogP contribution >= 0.6 is 0 Å². The lowest BCUT2D eigenvalue weighted by molar-refractivity contribution is -0.139. The van der Waals surface area contributed by atoms with E-state index in [-0.39, 0.29) is 17.9 Å². The molecule has 0 unspecified atom stereocenters. The predicted molar refractivity (Wildman–Crippen MR) is 59.3 cm³/mol. The first kappa shape index (κ1) is 13.5. The zero-order valence-corrected chi connectivity index (χ0v) is 9.87. The average molecular weight is 274 g/mol. The molecule has 0 aliphatic heterocycles. The minimum Gasteiger partial charge on any atom is -0.324 e. The van der Waals surface area contributed by atoms with Gasteiger partial charge in [0, 0.05) is 7.05 Å². The molecule has 0 bridgehead atoms. The molecule has 2 aromatic rings. The van der Waals surface area contributed by atoms with E-state index in [1.165, 1.54) is 17.7 Å². The third kappa shape index (κ3) is 2.30. The van der Waals surface area contributed by atoms with Gasteiger partial charge in [-0.2, -0.15) is 13.2 Å². The quantitative estimate of drug-likeness (QED) is 0.853. The van der Waals surface area contributed by atoms with Crippen LogP contribution < -0.4 is 5.73 Å². The molecule has 0 radical (unpaired) electrons. The van der Waals surface area contributed by atoms with Crippen LogP contribution in [0.15, 0.2) is 18.2 Å². The summed E-state index contributed by atoms with van der Waals surface area (Å²) < 4.78 is 53.1. The van der Waals surface area contributed by atoms with Crippen molar-refractivity contribution in [3.8, 4) is 11.4 Å². The fraction of sp³-hybridized carbons (Fsp3) is 0.273. The van der Waals surface area contributed by atoms with Crippen molar-refractivity contribution < 1.29 is 17.6 Å². The molecule has 1 heterocycles. The number of hydrogen-bond donors (Lipinski definition) is 1. The normalized spacial score (nSPS) is 11.9. The minimum atomic E-state index is -4.75. The number of hydrogen-bond acceptors (Lipinski definition) is 3. The Labute approximate surface area is 105 Å². The van der Waals surface area contributed by atoms with Crippen LogP contribution in [-0.2, 0) is 19.8 Å². The fourth-order valence-corrected chi connectivity index (χ4v) is 1.70. The molecule has 0 atom stereocenters. The van der Waals surface area contributed by atoms with Crippen molar-refractivity contribution in [1.29, 1.82) is 0 Å². The maximum absolute atomic E-state index is 13.9. The van der Waals surface area contributed by atoms with Crippen LogP contribution in [0.2, 0.25) is 0 Å². The van der Waals surface area contributed by atoms with Crippen LogP contribution in [0.5, 0.6) is 0 Å². The van der Waals surface area contributed by atoms with Crippen LogP contribution in [-0.4, -0.2) is 14.8 Å². The number of aromatic nitrogens is 3. The first-order valence-electron chi connectivity index (χ1n) is 5.30. The molecule has 0 aliphatic carbocycles. The van der Waals surface area contributed by atoms with Gasteiger partial charge in [0.2, 0.25) is 0 Å². The third-order valence-corrected chi connectivity index (χ3v) is 2.69. The molecule has 2 N–H and O–H groups in total. The number of nitrogens with two attached hydrogens (primary N) is 1. The highest BCUT2D eigenvalue weighted by Crippen LogP contribution is 2.34. The molecule has 0 amide bonds. The Hall–Kier alpha value is -1.96. The van der Waals surface area contributed by atoms with Crippen molar-refractivity contribution in [3.63, 3.8) is 0 Å². The second-order valence-electron chi connectivity index (χ2n) is 3.87. The lowest BCUT2D eigenvalue weighted by Gasteiger charge is -2.10. The molecule has 1 aromatic carbocycles. The standard InChI is InChI=1S/C11H10F4N4/c1-19-8(5-16)17-18-10(19)6-3-2-4-7(9(6)12)11(13,14)15/h2-4H,5,16H2,1H3. The summed E-state index contributed by atoms with van der Waals surface area (Å²) in [5, 5.41) is 7.35. The number of alkyl halides is 3. The zero-order chi connectivity index (χ0) is 14.2. The smallest absolute Gasteiger partial charge is 0.324 e. The molecule has 102 valence electrons. The van der Waals surface area contributed by atoms with Crippen LogP contribution in [0.4, 0.5) is 17.6 Å². The molecule has 0 aliphatic rings. The van der Waals surface area contributed by atoms with Gasteiger partial charge in [-0.25, -0.2) is 4.39 Å². The van der Waals surface area contributed by atoms with Crippen molar-refractivity contribution in [2.24, 2.45) is 12.8 Å². The highest BCUT2D eigenvalue weighted by atomic mass is 19.4. The second kappa shape index (κ2) is 4.61. The molecule has 1 aromatic heterocycles. The first-order valence-corrected chi connectivity index (χ1v) is 5.30. The fourth-order valence-electron chi connectivity index (χ4n) is 1.70. The number of rotatable bonds is 2. The summed E-state index contributed by atoms with van der Waals surface area (Å²) in [7, 11) is 1.51. The van der Waals surface area contributed by atoms with Gasteiger partial charge < -0.3 is 10.3 Å². The second-order valence-corrected chi connectivity index (χ2v) is 3.87. The largest absolute Gasteiger partial charge is 0.419 e. The molecule has 0 saturated heterocycles. The van der Waals surface area contributed by atoms with Gasteiger partial charge in [-0.3, -0.25) is 0 Å². The Balaban J connectivity index is 2.60. The van der Waals surface area contributed by atoms with E-state index < -0.39 is 17.6 Å². The Kier molecular flexibility index (Phi) is 3.27.